The number of nitrogens with zero attached hydrogens (tertiary/aromatic N) is 1. The van der Waals surface area contributed by atoms with E-state index < -0.39 is 0 Å². The van der Waals surface area contributed by atoms with Crippen LogP contribution in [0.3, 0.4) is 0 Å². The Morgan fingerprint density at radius 1 is 1.40 bits per heavy atom. The van der Waals surface area contributed by atoms with E-state index in [2.05, 4.69) is 12.2 Å². The summed E-state index contributed by atoms with van der Waals surface area (Å²) < 4.78 is 5.68. The van der Waals surface area contributed by atoms with E-state index in [9.17, 15) is 9.59 Å². The molecule has 1 aliphatic carbocycles. The van der Waals surface area contributed by atoms with Crippen LogP contribution < -0.4 is 5.32 Å². The molecule has 0 aromatic rings. The molecule has 2 aliphatic heterocycles. The van der Waals surface area contributed by atoms with E-state index in [-0.39, 0.29) is 35.5 Å². The van der Waals surface area contributed by atoms with E-state index in [0.717, 1.165) is 19.3 Å². The Hall–Kier alpha value is -1.10. The summed E-state index contributed by atoms with van der Waals surface area (Å²) in [5.41, 5.74) is -0.358. The second-order valence-electron chi connectivity index (χ2n) is 6.58. The van der Waals surface area contributed by atoms with Crippen molar-refractivity contribution >= 4 is 11.8 Å². The van der Waals surface area contributed by atoms with Gasteiger partial charge in [0, 0.05) is 6.61 Å². The zero-order valence-corrected chi connectivity index (χ0v) is 12.5. The molecular formula is C15H24N2O3. The number of nitrogens with one attached hydrogen (secondary N) is 1. The topological polar surface area (TPSA) is 58.6 Å². The standard InChI is InChI=1S/C15H24N2O3/c1-4-11-13(18)16-12(10-5-6-10)14(19)17(11)15(3)7-8-20-9(15)2/h9-12H,4-8H2,1-3H3,(H,16,18). The molecule has 0 aromatic heterocycles. The van der Waals surface area contributed by atoms with Crippen molar-refractivity contribution in [3.05, 3.63) is 0 Å². The van der Waals surface area contributed by atoms with Crippen LogP contribution in [-0.4, -0.2) is 47.0 Å². The normalized spacial score (nSPS) is 42.0. The highest BCUT2D eigenvalue weighted by molar-refractivity contribution is 5.97. The van der Waals surface area contributed by atoms with Gasteiger partial charge in [0.15, 0.2) is 0 Å². The summed E-state index contributed by atoms with van der Waals surface area (Å²) in [6.45, 7) is 6.69. The maximum atomic E-state index is 12.9. The molecule has 0 aromatic carbocycles. The van der Waals surface area contributed by atoms with Crippen LogP contribution in [0.15, 0.2) is 0 Å². The first-order valence-corrected chi connectivity index (χ1v) is 7.74. The molecule has 2 heterocycles. The second kappa shape index (κ2) is 4.72. The monoisotopic (exact) mass is 280 g/mol. The first kappa shape index (κ1) is 13.9. The van der Waals surface area contributed by atoms with Gasteiger partial charge in [0.2, 0.25) is 11.8 Å². The van der Waals surface area contributed by atoms with Crippen molar-refractivity contribution in [3.63, 3.8) is 0 Å². The average molecular weight is 280 g/mol. The lowest BCUT2D eigenvalue weighted by atomic mass is 9.87. The Labute approximate surface area is 120 Å². The van der Waals surface area contributed by atoms with Gasteiger partial charge in [-0.05, 0) is 45.4 Å². The molecule has 5 heteroatoms. The van der Waals surface area contributed by atoms with Crippen LogP contribution >= 0.6 is 0 Å². The Morgan fingerprint density at radius 2 is 2.10 bits per heavy atom. The number of piperazine rings is 1. The molecule has 0 spiro atoms. The summed E-state index contributed by atoms with van der Waals surface area (Å²) in [6.07, 6.45) is 3.53. The number of rotatable bonds is 3. The molecule has 0 bridgehead atoms. The fourth-order valence-corrected chi connectivity index (χ4v) is 3.60. The van der Waals surface area contributed by atoms with Gasteiger partial charge in [-0.2, -0.15) is 0 Å². The first-order chi connectivity index (χ1) is 9.49. The number of hydrogen-bond acceptors (Lipinski definition) is 3. The van der Waals surface area contributed by atoms with Crippen LogP contribution in [0.5, 0.6) is 0 Å². The van der Waals surface area contributed by atoms with Crippen LogP contribution in [0.2, 0.25) is 0 Å². The van der Waals surface area contributed by atoms with E-state index in [1.54, 1.807) is 0 Å². The fourth-order valence-electron chi connectivity index (χ4n) is 3.60. The van der Waals surface area contributed by atoms with E-state index >= 15 is 0 Å². The molecule has 1 N–H and O–H groups in total. The number of carbonyl (C=O) groups is 2. The van der Waals surface area contributed by atoms with Crippen LogP contribution in [0.1, 0.15) is 46.5 Å². The molecule has 112 valence electrons. The molecule has 2 amide bonds. The molecule has 5 nitrogen and oxygen atoms in total. The predicted octanol–water partition coefficient (Wildman–Crippen LogP) is 1.07. The van der Waals surface area contributed by atoms with E-state index in [4.69, 9.17) is 4.74 Å². The Balaban J connectivity index is 1.94. The molecule has 2 saturated heterocycles. The molecule has 3 rings (SSSR count). The van der Waals surface area contributed by atoms with Crippen molar-refractivity contribution in [1.82, 2.24) is 10.2 Å². The molecule has 4 atom stereocenters. The number of hydrogen-bond donors (Lipinski definition) is 1. The van der Waals surface area contributed by atoms with Gasteiger partial charge >= 0.3 is 0 Å². The van der Waals surface area contributed by atoms with Crippen molar-refractivity contribution in [2.24, 2.45) is 5.92 Å². The van der Waals surface area contributed by atoms with Crippen molar-refractivity contribution in [2.75, 3.05) is 6.61 Å². The Bertz CT molecular complexity index is 435. The van der Waals surface area contributed by atoms with E-state index in [1.165, 1.54) is 0 Å². The predicted molar refractivity (Wildman–Crippen MR) is 74.0 cm³/mol. The highest BCUT2D eigenvalue weighted by atomic mass is 16.5. The van der Waals surface area contributed by atoms with Crippen molar-refractivity contribution in [2.45, 2.75) is 70.2 Å². The highest BCUT2D eigenvalue weighted by Crippen LogP contribution is 2.40. The summed E-state index contributed by atoms with van der Waals surface area (Å²) in [5.74, 6) is 0.441. The van der Waals surface area contributed by atoms with Gasteiger partial charge in [-0.15, -0.1) is 0 Å². The largest absolute Gasteiger partial charge is 0.376 e. The smallest absolute Gasteiger partial charge is 0.246 e. The number of carbonyl (C=O) groups excluding carboxylic acids is 2. The SMILES string of the molecule is CCC1C(=O)NC(C2CC2)C(=O)N1C1(C)CCOC1C. The number of ether oxygens (including phenoxy) is 1. The van der Waals surface area contributed by atoms with E-state index in [1.807, 2.05) is 18.7 Å². The first-order valence-electron chi connectivity index (χ1n) is 7.74. The molecule has 1 saturated carbocycles. The molecule has 20 heavy (non-hydrogen) atoms. The molecule has 3 fully saturated rings. The van der Waals surface area contributed by atoms with Crippen molar-refractivity contribution in [3.8, 4) is 0 Å². The minimum atomic E-state index is -0.358. The third kappa shape index (κ3) is 1.94. The van der Waals surface area contributed by atoms with E-state index in [0.29, 0.717) is 18.9 Å². The maximum Gasteiger partial charge on any atom is 0.246 e. The van der Waals surface area contributed by atoms with Crippen LogP contribution in [0, 0.1) is 5.92 Å². The van der Waals surface area contributed by atoms with Crippen molar-refractivity contribution < 1.29 is 14.3 Å². The van der Waals surface area contributed by atoms with Gasteiger partial charge in [0.1, 0.15) is 12.1 Å². The van der Waals surface area contributed by atoms with Crippen LogP contribution in [0.25, 0.3) is 0 Å². The summed E-state index contributed by atoms with van der Waals surface area (Å²) >= 11 is 0. The molecule has 3 aliphatic rings. The van der Waals surface area contributed by atoms with Crippen molar-refractivity contribution in [1.29, 1.82) is 0 Å². The molecule has 4 unspecified atom stereocenters. The maximum absolute atomic E-state index is 12.9. The van der Waals surface area contributed by atoms with Gasteiger partial charge < -0.3 is 15.0 Å². The Kier molecular flexibility index (Phi) is 3.27. The van der Waals surface area contributed by atoms with Gasteiger partial charge in [-0.3, -0.25) is 9.59 Å². The lowest BCUT2D eigenvalue weighted by molar-refractivity contribution is -0.159. The summed E-state index contributed by atoms with van der Waals surface area (Å²) in [4.78, 5) is 27.2. The lowest BCUT2D eigenvalue weighted by Gasteiger charge is -2.49. The fraction of sp³-hybridized carbons (Fsp3) is 0.867. The second-order valence-corrected chi connectivity index (χ2v) is 6.58. The minimum absolute atomic E-state index is 0.00400. The summed E-state index contributed by atoms with van der Waals surface area (Å²) in [7, 11) is 0. The lowest BCUT2D eigenvalue weighted by Crippen LogP contribution is -2.70. The highest BCUT2D eigenvalue weighted by Gasteiger charge is 2.54. The summed E-state index contributed by atoms with van der Waals surface area (Å²) in [6, 6.07) is -0.665. The molecule has 0 radical (unpaired) electrons. The number of amides is 2. The Morgan fingerprint density at radius 3 is 2.60 bits per heavy atom. The van der Waals surface area contributed by atoms with Crippen LogP contribution in [0.4, 0.5) is 0 Å². The zero-order chi connectivity index (χ0) is 14.5. The van der Waals surface area contributed by atoms with Gasteiger partial charge in [-0.25, -0.2) is 0 Å². The van der Waals surface area contributed by atoms with Gasteiger partial charge in [0.25, 0.3) is 0 Å². The quantitative estimate of drug-likeness (QED) is 0.841. The summed E-state index contributed by atoms with van der Waals surface area (Å²) in [5, 5.41) is 2.94. The minimum Gasteiger partial charge on any atom is -0.376 e. The third-order valence-corrected chi connectivity index (χ3v) is 5.30. The zero-order valence-electron chi connectivity index (χ0n) is 12.5. The molecular weight excluding hydrogens is 256 g/mol. The third-order valence-electron chi connectivity index (χ3n) is 5.30. The van der Waals surface area contributed by atoms with Crippen LogP contribution in [-0.2, 0) is 14.3 Å². The van der Waals surface area contributed by atoms with Gasteiger partial charge in [0.05, 0.1) is 11.6 Å². The average Bonchev–Trinajstić information content (AvgIpc) is 3.19. The van der Waals surface area contributed by atoms with Gasteiger partial charge in [-0.1, -0.05) is 6.92 Å².